The molecule has 3 heterocycles. The number of anilines is 1. The van der Waals surface area contributed by atoms with Gasteiger partial charge in [0, 0.05) is 68.5 Å². The van der Waals surface area contributed by atoms with Gasteiger partial charge in [-0.15, -0.1) is 35.3 Å². The van der Waals surface area contributed by atoms with Crippen LogP contribution in [0.1, 0.15) is 42.2 Å². The molecule has 1 aliphatic heterocycles. The lowest BCUT2D eigenvalue weighted by Gasteiger charge is -2.36. The van der Waals surface area contributed by atoms with Crippen LogP contribution in [0.5, 0.6) is 0 Å². The van der Waals surface area contributed by atoms with Crippen molar-refractivity contribution in [2.24, 2.45) is 4.99 Å². The van der Waals surface area contributed by atoms with E-state index in [-0.39, 0.29) is 24.0 Å². The fourth-order valence-electron chi connectivity index (χ4n) is 3.23. The van der Waals surface area contributed by atoms with Gasteiger partial charge in [-0.3, -0.25) is 4.99 Å². The van der Waals surface area contributed by atoms with E-state index in [0.29, 0.717) is 0 Å². The van der Waals surface area contributed by atoms with Crippen molar-refractivity contribution in [2.45, 2.75) is 47.0 Å². The highest BCUT2D eigenvalue weighted by molar-refractivity contribution is 14.0. The van der Waals surface area contributed by atoms with Gasteiger partial charge in [-0.1, -0.05) is 13.8 Å². The number of guanidine groups is 1. The molecule has 3 rings (SSSR count). The summed E-state index contributed by atoms with van der Waals surface area (Å²) in [5.41, 5.74) is 1.23. The Balaban J connectivity index is 0.00000300. The zero-order chi connectivity index (χ0) is 19.9. The molecule has 1 fully saturated rings. The number of rotatable bonds is 7. The van der Waals surface area contributed by atoms with Gasteiger partial charge in [-0.05, 0) is 20.3 Å². The summed E-state index contributed by atoms with van der Waals surface area (Å²) in [6, 6.07) is 0. The molecule has 162 valence electrons. The number of piperazine rings is 1. The Labute approximate surface area is 199 Å². The summed E-state index contributed by atoms with van der Waals surface area (Å²) in [7, 11) is 0. The topological polar surface area (TPSA) is 69.5 Å². The molecule has 0 radical (unpaired) electrons. The molecule has 0 unspecified atom stereocenters. The summed E-state index contributed by atoms with van der Waals surface area (Å²) in [5.74, 6) is 1.96. The van der Waals surface area contributed by atoms with Gasteiger partial charge >= 0.3 is 0 Å². The van der Waals surface area contributed by atoms with Crippen molar-refractivity contribution in [2.75, 3.05) is 44.2 Å². The summed E-state index contributed by atoms with van der Waals surface area (Å²) < 4.78 is 4.41. The molecule has 0 spiro atoms. The van der Waals surface area contributed by atoms with E-state index in [1.807, 2.05) is 11.3 Å². The zero-order valence-corrected chi connectivity index (χ0v) is 21.7. The van der Waals surface area contributed by atoms with Crippen molar-refractivity contribution >= 4 is 57.9 Å². The lowest BCUT2D eigenvalue weighted by atomic mass is 10.3. The molecule has 0 aliphatic carbocycles. The van der Waals surface area contributed by atoms with Crippen molar-refractivity contribution in [1.29, 1.82) is 0 Å². The van der Waals surface area contributed by atoms with Crippen LogP contribution in [-0.4, -0.2) is 64.5 Å². The average Bonchev–Trinajstić information content (AvgIpc) is 3.34. The van der Waals surface area contributed by atoms with Crippen LogP contribution in [0.25, 0.3) is 0 Å². The number of aromatic nitrogens is 3. The molecule has 0 saturated carbocycles. The van der Waals surface area contributed by atoms with E-state index < -0.39 is 0 Å². The first kappa shape index (κ1) is 24.3. The number of hydrogen-bond donors (Lipinski definition) is 1. The molecule has 10 heteroatoms. The molecular weight excluding hydrogens is 517 g/mol. The van der Waals surface area contributed by atoms with Crippen molar-refractivity contribution in [1.82, 2.24) is 24.6 Å². The number of aryl methyl sites for hydroxylation is 3. The third kappa shape index (κ3) is 6.48. The smallest absolute Gasteiger partial charge is 0.205 e. The fraction of sp³-hybridized carbons (Fsp3) is 0.684. The Bertz CT molecular complexity index is 781. The SMILES string of the molecule is CCNC(=NCCc1nc(CC)c(C)s1)N1CCN(c2nc(CC)ns2)CC1.I. The minimum absolute atomic E-state index is 0. The highest BCUT2D eigenvalue weighted by Crippen LogP contribution is 2.20. The average molecular weight is 550 g/mol. The van der Waals surface area contributed by atoms with E-state index in [2.05, 4.69) is 52.2 Å². The van der Waals surface area contributed by atoms with Crippen LogP contribution in [0.4, 0.5) is 5.13 Å². The standard InChI is InChI=1S/C19H31N7S2.HI/c1-5-15-14(4)27-17(22-15)8-9-21-18(20-7-3)25-10-12-26(13-11-25)19-23-16(6-2)24-28-19;/h5-13H2,1-4H3,(H,20,21);1H. The molecule has 1 N–H and O–H groups in total. The summed E-state index contributed by atoms with van der Waals surface area (Å²) in [5, 5.41) is 5.69. The van der Waals surface area contributed by atoms with Crippen LogP contribution in [0, 0.1) is 6.92 Å². The first-order valence-corrected chi connectivity index (χ1v) is 11.8. The third-order valence-electron chi connectivity index (χ3n) is 4.82. The maximum atomic E-state index is 4.87. The second-order valence-corrected chi connectivity index (χ2v) is 8.79. The predicted octanol–water partition coefficient (Wildman–Crippen LogP) is 3.38. The first-order chi connectivity index (χ1) is 13.6. The van der Waals surface area contributed by atoms with Gasteiger partial charge in [0.05, 0.1) is 10.7 Å². The molecule has 29 heavy (non-hydrogen) atoms. The van der Waals surface area contributed by atoms with Crippen molar-refractivity contribution in [3.05, 3.63) is 21.4 Å². The highest BCUT2D eigenvalue weighted by atomic mass is 127. The Hall–Kier alpha value is -1.01. The minimum atomic E-state index is 0. The molecule has 0 aromatic carbocycles. The van der Waals surface area contributed by atoms with E-state index in [9.17, 15) is 0 Å². The Kier molecular flexibility index (Phi) is 10.0. The van der Waals surface area contributed by atoms with E-state index in [4.69, 9.17) is 9.98 Å². The lowest BCUT2D eigenvalue weighted by Crippen LogP contribution is -2.52. The monoisotopic (exact) mass is 549 g/mol. The molecular formula is C19H32IN7S2. The van der Waals surface area contributed by atoms with Gasteiger partial charge in [-0.2, -0.15) is 4.37 Å². The molecule has 7 nitrogen and oxygen atoms in total. The maximum absolute atomic E-state index is 4.87. The second-order valence-electron chi connectivity index (χ2n) is 6.77. The second kappa shape index (κ2) is 12.0. The van der Waals surface area contributed by atoms with Gasteiger partial charge in [0.2, 0.25) is 5.13 Å². The molecule has 1 aliphatic rings. The minimum Gasteiger partial charge on any atom is -0.357 e. The van der Waals surface area contributed by atoms with Crippen LogP contribution in [0.15, 0.2) is 4.99 Å². The molecule has 2 aromatic rings. The fourth-order valence-corrected chi connectivity index (χ4v) is 5.04. The van der Waals surface area contributed by atoms with Gasteiger partial charge in [0.15, 0.2) is 5.96 Å². The van der Waals surface area contributed by atoms with Crippen LogP contribution in [-0.2, 0) is 19.3 Å². The predicted molar refractivity (Wildman–Crippen MR) is 134 cm³/mol. The van der Waals surface area contributed by atoms with Crippen LogP contribution in [0.2, 0.25) is 0 Å². The zero-order valence-electron chi connectivity index (χ0n) is 17.8. The van der Waals surface area contributed by atoms with Gasteiger partial charge in [0.1, 0.15) is 5.82 Å². The van der Waals surface area contributed by atoms with E-state index >= 15 is 0 Å². The molecule has 0 atom stereocenters. The summed E-state index contributed by atoms with van der Waals surface area (Å²) in [6.07, 6.45) is 2.81. The molecule has 2 aromatic heterocycles. The Morgan fingerprint density at radius 3 is 2.45 bits per heavy atom. The maximum Gasteiger partial charge on any atom is 0.205 e. The molecule has 0 bridgehead atoms. The molecule has 0 amide bonds. The largest absolute Gasteiger partial charge is 0.357 e. The summed E-state index contributed by atoms with van der Waals surface area (Å²) >= 11 is 3.32. The Morgan fingerprint density at radius 2 is 1.86 bits per heavy atom. The number of thiazole rings is 1. The summed E-state index contributed by atoms with van der Waals surface area (Å²) in [4.78, 5) is 20.2. The highest BCUT2D eigenvalue weighted by Gasteiger charge is 2.22. The Morgan fingerprint density at radius 1 is 1.10 bits per heavy atom. The van der Waals surface area contributed by atoms with Gasteiger partial charge in [0.25, 0.3) is 0 Å². The summed E-state index contributed by atoms with van der Waals surface area (Å²) in [6.45, 7) is 14.0. The lowest BCUT2D eigenvalue weighted by molar-refractivity contribution is 0.372. The van der Waals surface area contributed by atoms with E-state index in [1.54, 1.807) is 0 Å². The number of nitrogens with zero attached hydrogens (tertiary/aromatic N) is 6. The van der Waals surface area contributed by atoms with E-state index in [0.717, 1.165) is 75.4 Å². The van der Waals surface area contributed by atoms with Crippen LogP contribution in [0.3, 0.4) is 0 Å². The number of nitrogens with one attached hydrogen (secondary N) is 1. The van der Waals surface area contributed by atoms with E-state index in [1.165, 1.54) is 27.1 Å². The van der Waals surface area contributed by atoms with Gasteiger partial charge in [-0.25, -0.2) is 9.97 Å². The number of aliphatic imine (C=N–C) groups is 1. The quantitative estimate of drug-likeness (QED) is 0.325. The van der Waals surface area contributed by atoms with Crippen LogP contribution >= 0.6 is 46.8 Å². The normalized spacial score (nSPS) is 14.8. The van der Waals surface area contributed by atoms with Gasteiger partial charge < -0.3 is 15.1 Å². The van der Waals surface area contributed by atoms with Crippen molar-refractivity contribution in [3.8, 4) is 0 Å². The first-order valence-electron chi connectivity index (χ1n) is 10.2. The third-order valence-corrected chi connectivity index (χ3v) is 6.70. The number of halogens is 1. The van der Waals surface area contributed by atoms with Crippen molar-refractivity contribution < 1.29 is 0 Å². The molecule has 1 saturated heterocycles. The van der Waals surface area contributed by atoms with Crippen molar-refractivity contribution in [3.63, 3.8) is 0 Å². The van der Waals surface area contributed by atoms with Crippen LogP contribution < -0.4 is 10.2 Å². The number of hydrogen-bond acceptors (Lipinski definition) is 7.